The molecule has 0 aromatic rings. The van der Waals surface area contributed by atoms with Crippen molar-refractivity contribution in [2.24, 2.45) is 0 Å². The molecule has 2 unspecified atom stereocenters. The van der Waals surface area contributed by atoms with Crippen molar-refractivity contribution in [3.63, 3.8) is 0 Å². The zero-order valence-corrected chi connectivity index (χ0v) is 10.9. The lowest BCUT2D eigenvalue weighted by Crippen LogP contribution is -2.22. The van der Waals surface area contributed by atoms with E-state index in [1.165, 1.54) is 0 Å². The molecule has 0 rings (SSSR count). The lowest BCUT2D eigenvalue weighted by atomic mass is 10.4. The number of hydrogen-bond donors (Lipinski definition) is 8. The van der Waals surface area contributed by atoms with E-state index < -0.39 is 49.3 Å². The Morgan fingerprint density at radius 1 is 0.682 bits per heavy atom. The van der Waals surface area contributed by atoms with Crippen LogP contribution in [0.3, 0.4) is 0 Å². The molecule has 0 aromatic carbocycles. The highest BCUT2D eigenvalue weighted by Gasteiger charge is 2.09. The third kappa shape index (κ3) is 22.6. The average Bonchev–Trinajstić information content (AvgIpc) is 2.44. The van der Waals surface area contributed by atoms with Crippen LogP contribution in [-0.4, -0.2) is 90.2 Å². The maximum atomic E-state index is 9.55. The fourth-order valence-corrected chi connectivity index (χ4v) is 0.299. The number of carboxylic acids is 4. The van der Waals surface area contributed by atoms with Crippen LogP contribution in [-0.2, 0) is 19.2 Å². The Hall–Kier alpha value is -2.54. The Balaban J connectivity index is -0.000000247. The van der Waals surface area contributed by atoms with Gasteiger partial charge in [-0.25, -0.2) is 19.2 Å². The monoisotopic (exact) mass is 328 g/mol. The maximum Gasteiger partial charge on any atom is 0.334 e. The molecular formula is C10H16O12. The molecule has 12 heteroatoms. The van der Waals surface area contributed by atoms with Gasteiger partial charge in [-0.15, -0.1) is 0 Å². The maximum absolute atomic E-state index is 9.55. The zero-order valence-electron chi connectivity index (χ0n) is 10.9. The van der Waals surface area contributed by atoms with Gasteiger partial charge in [-0.3, -0.25) is 0 Å². The third-order valence-corrected chi connectivity index (χ3v) is 1.28. The molecule has 0 amide bonds. The van der Waals surface area contributed by atoms with Crippen molar-refractivity contribution in [1.29, 1.82) is 0 Å². The van der Waals surface area contributed by atoms with Crippen LogP contribution < -0.4 is 0 Å². The fourth-order valence-electron chi connectivity index (χ4n) is 0.299. The molecule has 0 heterocycles. The molecule has 128 valence electrons. The van der Waals surface area contributed by atoms with E-state index in [1.807, 2.05) is 0 Å². The number of rotatable bonds is 6. The molecule has 0 saturated carbocycles. The minimum atomic E-state index is -1.63. The van der Waals surface area contributed by atoms with Gasteiger partial charge in [0.05, 0.1) is 13.2 Å². The molecule has 0 saturated heterocycles. The number of carbonyl (C=O) groups is 4. The molecule has 0 fully saturated rings. The van der Waals surface area contributed by atoms with Crippen LogP contribution in [0.2, 0.25) is 0 Å². The molecule has 22 heavy (non-hydrogen) atoms. The van der Waals surface area contributed by atoms with Gasteiger partial charge < -0.3 is 40.9 Å². The summed E-state index contributed by atoms with van der Waals surface area (Å²) in [5, 5.41) is 63.1. The fraction of sp³-hybridized carbons (Fsp3) is 0.400. The van der Waals surface area contributed by atoms with Crippen LogP contribution in [0.5, 0.6) is 0 Å². The van der Waals surface area contributed by atoms with Crippen molar-refractivity contribution < 1.29 is 60.0 Å². The number of aliphatic hydroxyl groups is 4. The van der Waals surface area contributed by atoms with Crippen molar-refractivity contribution in [3.05, 3.63) is 12.2 Å². The lowest BCUT2D eigenvalue weighted by molar-refractivity contribution is -0.149. The van der Waals surface area contributed by atoms with E-state index in [1.54, 1.807) is 0 Å². The Labute approximate surface area is 122 Å². The third-order valence-electron chi connectivity index (χ3n) is 1.28. The Bertz CT molecular complexity index is 351. The summed E-state index contributed by atoms with van der Waals surface area (Å²) in [6.45, 7) is -1.45. The van der Waals surface area contributed by atoms with Crippen LogP contribution in [0.1, 0.15) is 0 Å². The Morgan fingerprint density at radius 2 is 0.909 bits per heavy atom. The normalized spacial score (nSPS) is 12.0. The smallest absolute Gasteiger partial charge is 0.334 e. The lowest BCUT2D eigenvalue weighted by Gasteiger charge is -1.95. The second-order valence-corrected chi connectivity index (χ2v) is 3.08. The van der Waals surface area contributed by atoms with Crippen LogP contribution >= 0.6 is 0 Å². The summed E-state index contributed by atoms with van der Waals surface area (Å²) in [6, 6.07) is 0. The molecule has 0 bridgehead atoms. The van der Waals surface area contributed by atoms with E-state index in [2.05, 4.69) is 0 Å². The molecular weight excluding hydrogens is 312 g/mol. The van der Waals surface area contributed by atoms with Gasteiger partial charge in [-0.1, -0.05) is 0 Å². The summed E-state index contributed by atoms with van der Waals surface area (Å²) >= 11 is 0. The van der Waals surface area contributed by atoms with Crippen molar-refractivity contribution in [2.75, 3.05) is 13.2 Å². The highest BCUT2D eigenvalue weighted by atomic mass is 16.4. The first-order valence-electron chi connectivity index (χ1n) is 5.16. The standard InChI is InChI=1S/C4H4O4.2C3H6O4/c5-3(6)1-2-4(7)8;2*4-1-2(5)3(6)7/h1-2H,(H,5,6)(H,7,8);2*2,4-5H,1H2,(H,6,7)/b2-1-;;. The number of aliphatic hydroxyl groups excluding tert-OH is 4. The van der Waals surface area contributed by atoms with E-state index in [0.717, 1.165) is 0 Å². The average molecular weight is 328 g/mol. The Morgan fingerprint density at radius 3 is 0.955 bits per heavy atom. The van der Waals surface area contributed by atoms with Crippen LogP contribution in [0.25, 0.3) is 0 Å². The van der Waals surface area contributed by atoms with Crippen molar-refractivity contribution >= 4 is 23.9 Å². The molecule has 0 radical (unpaired) electrons. The second kappa shape index (κ2) is 14.9. The van der Waals surface area contributed by atoms with Gasteiger partial charge in [-0.05, 0) is 0 Å². The highest BCUT2D eigenvalue weighted by Crippen LogP contribution is 1.76. The van der Waals surface area contributed by atoms with E-state index in [4.69, 9.17) is 40.9 Å². The molecule has 0 aliphatic rings. The number of hydrogen-bond acceptors (Lipinski definition) is 8. The molecule has 0 aliphatic carbocycles. The molecule has 0 aliphatic heterocycles. The molecule has 0 aromatic heterocycles. The first-order valence-corrected chi connectivity index (χ1v) is 5.16. The van der Waals surface area contributed by atoms with Gasteiger partial charge in [0.25, 0.3) is 0 Å². The van der Waals surface area contributed by atoms with E-state index >= 15 is 0 Å². The van der Waals surface area contributed by atoms with E-state index in [9.17, 15) is 19.2 Å². The summed E-state index contributed by atoms with van der Waals surface area (Å²) < 4.78 is 0. The van der Waals surface area contributed by atoms with Gasteiger partial charge in [0, 0.05) is 12.2 Å². The minimum absolute atomic E-state index is 0.558. The van der Waals surface area contributed by atoms with E-state index in [-0.39, 0.29) is 0 Å². The predicted octanol–water partition coefficient (Wildman–Crippen LogP) is -3.44. The SMILES string of the molecule is O=C(O)/C=C\C(=O)O.O=C(O)C(O)CO.O=C(O)C(O)CO. The van der Waals surface area contributed by atoms with E-state index in [0.29, 0.717) is 12.2 Å². The van der Waals surface area contributed by atoms with Crippen LogP contribution in [0, 0.1) is 0 Å². The topological polar surface area (TPSA) is 230 Å². The van der Waals surface area contributed by atoms with Crippen molar-refractivity contribution in [2.45, 2.75) is 12.2 Å². The second-order valence-electron chi connectivity index (χ2n) is 3.08. The Kier molecular flexibility index (Phi) is 16.5. The molecule has 2 atom stereocenters. The largest absolute Gasteiger partial charge is 0.479 e. The van der Waals surface area contributed by atoms with Crippen molar-refractivity contribution in [3.8, 4) is 0 Å². The van der Waals surface area contributed by atoms with Gasteiger partial charge in [0.15, 0.2) is 12.2 Å². The summed E-state index contributed by atoms with van der Waals surface area (Å²) in [5.41, 5.74) is 0. The molecule has 8 N–H and O–H groups in total. The van der Waals surface area contributed by atoms with Crippen molar-refractivity contribution in [1.82, 2.24) is 0 Å². The number of aliphatic carboxylic acids is 4. The minimum Gasteiger partial charge on any atom is -0.479 e. The first-order chi connectivity index (χ1) is 9.99. The van der Waals surface area contributed by atoms with Gasteiger partial charge in [0.1, 0.15) is 0 Å². The molecule has 12 nitrogen and oxygen atoms in total. The zero-order chi connectivity index (χ0) is 18.3. The highest BCUT2D eigenvalue weighted by molar-refractivity contribution is 5.89. The quantitative estimate of drug-likeness (QED) is 0.222. The summed E-state index contributed by atoms with van der Waals surface area (Å²) in [7, 11) is 0. The van der Waals surface area contributed by atoms with Crippen LogP contribution in [0.4, 0.5) is 0 Å². The van der Waals surface area contributed by atoms with Gasteiger partial charge in [0.2, 0.25) is 0 Å². The van der Waals surface area contributed by atoms with Gasteiger partial charge in [-0.2, -0.15) is 0 Å². The summed E-state index contributed by atoms with van der Waals surface area (Å²) in [6.07, 6.45) is -2.13. The van der Waals surface area contributed by atoms with Crippen LogP contribution in [0.15, 0.2) is 12.2 Å². The predicted molar refractivity (Wildman–Crippen MR) is 65.9 cm³/mol. The number of carboxylic acid groups (broad SMARTS) is 4. The first kappa shape index (κ1) is 24.5. The summed E-state index contributed by atoms with van der Waals surface area (Å²) in [4.78, 5) is 38.1. The summed E-state index contributed by atoms with van der Waals surface area (Å²) in [5.74, 6) is -5.32. The van der Waals surface area contributed by atoms with Gasteiger partial charge >= 0.3 is 23.9 Å². The molecule has 0 spiro atoms.